The average Bonchev–Trinajstić information content (AvgIpc) is 2.55. The molecule has 0 radical (unpaired) electrons. The van der Waals surface area contributed by atoms with E-state index in [2.05, 4.69) is 22.3 Å². The van der Waals surface area contributed by atoms with Crippen LogP contribution >= 0.6 is 0 Å². The Bertz CT molecular complexity index is 513. The van der Waals surface area contributed by atoms with Crippen LogP contribution in [0, 0.1) is 5.92 Å². The number of methoxy groups -OCH3 is 1. The summed E-state index contributed by atoms with van der Waals surface area (Å²) in [5.41, 5.74) is 1.45. The van der Waals surface area contributed by atoms with Gasteiger partial charge in [0.15, 0.2) is 0 Å². The number of carbonyl (C=O) groups excluding carboxylic acids is 2. The van der Waals surface area contributed by atoms with Crippen LogP contribution in [-0.2, 0) is 11.3 Å². The lowest BCUT2D eigenvalue weighted by molar-refractivity contribution is 0.0600. The van der Waals surface area contributed by atoms with E-state index in [1.54, 1.807) is 12.1 Å². The molecule has 2 amide bonds. The summed E-state index contributed by atoms with van der Waals surface area (Å²) >= 11 is 0. The van der Waals surface area contributed by atoms with Crippen molar-refractivity contribution in [3.8, 4) is 0 Å². The van der Waals surface area contributed by atoms with Crippen molar-refractivity contribution in [1.82, 2.24) is 10.6 Å². The van der Waals surface area contributed by atoms with E-state index in [1.807, 2.05) is 12.1 Å². The van der Waals surface area contributed by atoms with Crippen molar-refractivity contribution in [2.45, 2.75) is 45.2 Å². The molecule has 120 valence electrons. The smallest absolute Gasteiger partial charge is 0.337 e. The van der Waals surface area contributed by atoms with Gasteiger partial charge in [0, 0.05) is 12.6 Å². The molecular weight excluding hydrogens is 280 g/mol. The van der Waals surface area contributed by atoms with Crippen molar-refractivity contribution in [1.29, 1.82) is 0 Å². The van der Waals surface area contributed by atoms with Crippen LogP contribution < -0.4 is 10.6 Å². The molecule has 1 aliphatic carbocycles. The summed E-state index contributed by atoms with van der Waals surface area (Å²) in [5, 5.41) is 5.92. The Hall–Kier alpha value is -2.04. The second kappa shape index (κ2) is 7.82. The monoisotopic (exact) mass is 304 g/mol. The fourth-order valence-electron chi connectivity index (χ4n) is 2.81. The maximum Gasteiger partial charge on any atom is 0.337 e. The molecule has 0 spiro atoms. The molecule has 22 heavy (non-hydrogen) atoms. The van der Waals surface area contributed by atoms with Crippen LogP contribution in [0.1, 0.15) is 48.5 Å². The highest BCUT2D eigenvalue weighted by atomic mass is 16.5. The lowest BCUT2D eigenvalue weighted by Gasteiger charge is -2.29. The van der Waals surface area contributed by atoms with Gasteiger partial charge in [0.2, 0.25) is 0 Å². The molecule has 0 saturated heterocycles. The summed E-state index contributed by atoms with van der Waals surface area (Å²) < 4.78 is 4.65. The van der Waals surface area contributed by atoms with Crippen molar-refractivity contribution < 1.29 is 14.3 Å². The number of hydrogen-bond acceptors (Lipinski definition) is 3. The summed E-state index contributed by atoms with van der Waals surface area (Å²) in [4.78, 5) is 23.3. The minimum absolute atomic E-state index is 0.129. The van der Waals surface area contributed by atoms with Crippen LogP contribution in [-0.4, -0.2) is 25.2 Å². The summed E-state index contributed by atoms with van der Waals surface area (Å²) in [5.74, 6) is 0.183. The van der Waals surface area contributed by atoms with Gasteiger partial charge in [-0.3, -0.25) is 0 Å². The van der Waals surface area contributed by atoms with Gasteiger partial charge in [-0.05, 0) is 36.5 Å². The first-order valence-corrected chi connectivity index (χ1v) is 7.81. The number of amides is 2. The second-order valence-corrected chi connectivity index (χ2v) is 5.88. The molecule has 0 heterocycles. The fraction of sp³-hybridized carbons (Fsp3) is 0.529. The van der Waals surface area contributed by atoms with Crippen LogP contribution in [0.3, 0.4) is 0 Å². The molecule has 2 rings (SSSR count). The van der Waals surface area contributed by atoms with Crippen LogP contribution in [0.15, 0.2) is 24.3 Å². The number of esters is 1. The lowest BCUT2D eigenvalue weighted by Crippen LogP contribution is -2.45. The Morgan fingerprint density at radius 2 is 1.86 bits per heavy atom. The molecule has 2 atom stereocenters. The van der Waals surface area contributed by atoms with Crippen LogP contribution in [0.2, 0.25) is 0 Å². The van der Waals surface area contributed by atoms with Gasteiger partial charge in [-0.15, -0.1) is 0 Å². The molecule has 1 aliphatic rings. The number of benzene rings is 1. The van der Waals surface area contributed by atoms with E-state index in [9.17, 15) is 9.59 Å². The molecular formula is C17H24N2O3. The first kappa shape index (κ1) is 16.3. The Labute approximate surface area is 131 Å². The molecule has 1 aromatic rings. The van der Waals surface area contributed by atoms with Crippen molar-refractivity contribution in [2.24, 2.45) is 5.92 Å². The maximum absolute atomic E-state index is 12.0. The third-order valence-electron chi connectivity index (χ3n) is 4.26. The van der Waals surface area contributed by atoms with Crippen molar-refractivity contribution in [3.05, 3.63) is 35.4 Å². The summed E-state index contributed by atoms with van der Waals surface area (Å²) in [6, 6.07) is 7.17. The van der Waals surface area contributed by atoms with Crippen LogP contribution in [0.4, 0.5) is 4.79 Å². The molecule has 5 nitrogen and oxygen atoms in total. The summed E-state index contributed by atoms with van der Waals surface area (Å²) in [6.07, 6.45) is 4.68. The molecule has 5 heteroatoms. The Morgan fingerprint density at radius 3 is 2.50 bits per heavy atom. The molecule has 2 N–H and O–H groups in total. The zero-order valence-electron chi connectivity index (χ0n) is 13.2. The van der Waals surface area contributed by atoms with Gasteiger partial charge in [0.05, 0.1) is 12.7 Å². The number of rotatable bonds is 4. The van der Waals surface area contributed by atoms with Gasteiger partial charge in [0.1, 0.15) is 0 Å². The molecule has 1 saturated carbocycles. The van der Waals surface area contributed by atoms with E-state index in [0.717, 1.165) is 12.0 Å². The molecule has 0 bridgehead atoms. The second-order valence-electron chi connectivity index (χ2n) is 5.88. The summed E-state index contributed by atoms with van der Waals surface area (Å²) in [6.45, 7) is 2.63. The number of urea groups is 1. The number of hydrogen-bond donors (Lipinski definition) is 2. The van der Waals surface area contributed by atoms with Gasteiger partial charge in [-0.2, -0.15) is 0 Å². The first-order valence-electron chi connectivity index (χ1n) is 7.81. The molecule has 0 aromatic heterocycles. The van der Waals surface area contributed by atoms with Crippen molar-refractivity contribution in [3.63, 3.8) is 0 Å². The normalized spacial score (nSPS) is 21.0. The lowest BCUT2D eigenvalue weighted by atomic mass is 9.86. The quantitative estimate of drug-likeness (QED) is 0.841. The van der Waals surface area contributed by atoms with Crippen molar-refractivity contribution >= 4 is 12.0 Å². The highest BCUT2D eigenvalue weighted by Crippen LogP contribution is 2.23. The maximum atomic E-state index is 12.0. The van der Waals surface area contributed by atoms with Crippen molar-refractivity contribution in [2.75, 3.05) is 7.11 Å². The number of nitrogens with one attached hydrogen (secondary N) is 2. The topological polar surface area (TPSA) is 67.4 Å². The fourth-order valence-corrected chi connectivity index (χ4v) is 2.81. The highest BCUT2D eigenvalue weighted by Gasteiger charge is 2.22. The van der Waals surface area contributed by atoms with E-state index in [4.69, 9.17) is 0 Å². The Morgan fingerprint density at radius 1 is 1.18 bits per heavy atom. The standard InChI is InChI=1S/C17H24N2O3/c1-12-5-3-4-6-15(12)19-17(21)18-11-13-7-9-14(10-8-13)16(20)22-2/h7-10,12,15H,3-6,11H2,1-2H3,(H2,18,19,21)/t12-,15+/m0/s1. The van der Waals surface area contributed by atoms with E-state index in [0.29, 0.717) is 18.0 Å². The predicted octanol–water partition coefficient (Wildman–Crippen LogP) is 2.85. The van der Waals surface area contributed by atoms with E-state index >= 15 is 0 Å². The van der Waals surface area contributed by atoms with Gasteiger partial charge in [-0.25, -0.2) is 9.59 Å². The highest BCUT2D eigenvalue weighted by molar-refractivity contribution is 5.89. The first-order chi connectivity index (χ1) is 10.6. The minimum atomic E-state index is -0.358. The van der Waals surface area contributed by atoms with Gasteiger partial charge < -0.3 is 15.4 Å². The van der Waals surface area contributed by atoms with Crippen LogP contribution in [0.25, 0.3) is 0 Å². The van der Waals surface area contributed by atoms with E-state index in [1.165, 1.54) is 26.4 Å². The van der Waals surface area contributed by atoms with E-state index in [-0.39, 0.29) is 18.0 Å². The number of ether oxygens (including phenoxy) is 1. The zero-order chi connectivity index (χ0) is 15.9. The third-order valence-corrected chi connectivity index (χ3v) is 4.26. The average molecular weight is 304 g/mol. The number of carbonyl (C=O) groups is 2. The third kappa shape index (κ3) is 4.48. The SMILES string of the molecule is COC(=O)c1ccc(CNC(=O)N[C@@H]2CCCC[C@@H]2C)cc1. The van der Waals surface area contributed by atoms with Crippen LogP contribution in [0.5, 0.6) is 0 Å². The predicted molar refractivity (Wildman–Crippen MR) is 84.6 cm³/mol. The zero-order valence-corrected chi connectivity index (χ0v) is 13.2. The largest absolute Gasteiger partial charge is 0.465 e. The van der Waals surface area contributed by atoms with Gasteiger partial charge >= 0.3 is 12.0 Å². The Balaban J connectivity index is 1.79. The molecule has 1 fully saturated rings. The van der Waals surface area contributed by atoms with E-state index < -0.39 is 0 Å². The van der Waals surface area contributed by atoms with Gasteiger partial charge in [-0.1, -0.05) is 31.9 Å². The van der Waals surface area contributed by atoms with Gasteiger partial charge in [0.25, 0.3) is 0 Å². The molecule has 1 aromatic carbocycles. The molecule has 0 aliphatic heterocycles. The molecule has 0 unspecified atom stereocenters. The summed E-state index contributed by atoms with van der Waals surface area (Å²) in [7, 11) is 1.36. The minimum Gasteiger partial charge on any atom is -0.465 e. The Kier molecular flexibility index (Phi) is 5.81.